The molecule has 5 rings (SSSR count). The van der Waals surface area contributed by atoms with Crippen molar-refractivity contribution in [2.45, 2.75) is 18.9 Å². The number of halogens is 2. The summed E-state index contributed by atoms with van der Waals surface area (Å²) >= 11 is 0. The summed E-state index contributed by atoms with van der Waals surface area (Å²) in [5.74, 6) is -1.19. The third kappa shape index (κ3) is 3.67. The van der Waals surface area contributed by atoms with Crippen LogP contribution in [-0.2, 0) is 0 Å². The number of pyridine rings is 1. The van der Waals surface area contributed by atoms with Gasteiger partial charge in [0, 0.05) is 5.69 Å². The minimum absolute atomic E-state index is 0.0198. The molecule has 0 bridgehead atoms. The zero-order chi connectivity index (χ0) is 24.0. The lowest BCUT2D eigenvalue weighted by Gasteiger charge is -2.25. The Morgan fingerprint density at radius 1 is 1.12 bits per heavy atom. The Balaban J connectivity index is 1.77. The number of nitrogen functional groups attached to an aromatic ring is 2. The van der Waals surface area contributed by atoms with E-state index >= 15 is 0 Å². The van der Waals surface area contributed by atoms with Crippen LogP contribution in [0.5, 0.6) is 0 Å². The fourth-order valence-corrected chi connectivity index (χ4v) is 4.17. The Morgan fingerprint density at radius 2 is 1.88 bits per heavy atom. The van der Waals surface area contributed by atoms with Crippen molar-refractivity contribution in [1.82, 2.24) is 14.5 Å². The topological polar surface area (TPSA) is 136 Å². The molecular weight excluding hydrogens is 440 g/mol. The van der Waals surface area contributed by atoms with Crippen molar-refractivity contribution in [2.75, 3.05) is 16.8 Å². The molecule has 0 unspecified atom stereocenters. The number of rotatable bonds is 5. The van der Waals surface area contributed by atoms with Gasteiger partial charge in [0.1, 0.15) is 29.1 Å². The number of benzene rings is 2. The molecule has 8 nitrogen and oxygen atoms in total. The predicted molar refractivity (Wildman–Crippen MR) is 124 cm³/mol. The van der Waals surface area contributed by atoms with Crippen LogP contribution in [0.4, 0.5) is 26.4 Å². The van der Waals surface area contributed by atoms with Crippen LogP contribution in [0, 0.1) is 28.9 Å². The first kappa shape index (κ1) is 21.3. The molecule has 0 spiro atoms. The second kappa shape index (κ2) is 8.12. The molecule has 2 heterocycles. The molecular formula is C24H19F2N7O. The largest absolute Gasteiger partial charge is 0.382 e. The lowest BCUT2D eigenvalue weighted by molar-refractivity contribution is 0.615. The van der Waals surface area contributed by atoms with Crippen LogP contribution >= 0.6 is 0 Å². The van der Waals surface area contributed by atoms with Gasteiger partial charge in [0.15, 0.2) is 5.82 Å². The molecule has 170 valence electrons. The summed E-state index contributed by atoms with van der Waals surface area (Å²) in [5.41, 5.74) is 11.7. The monoisotopic (exact) mass is 459 g/mol. The molecule has 2 aromatic heterocycles. The molecule has 1 fully saturated rings. The Kier molecular flexibility index (Phi) is 5.09. The van der Waals surface area contributed by atoms with E-state index in [1.807, 2.05) is 6.07 Å². The zero-order valence-electron chi connectivity index (χ0n) is 17.8. The van der Waals surface area contributed by atoms with Gasteiger partial charge in [0.25, 0.3) is 5.56 Å². The summed E-state index contributed by atoms with van der Waals surface area (Å²) in [7, 11) is 0. The number of aromatic nitrogens is 3. The highest BCUT2D eigenvalue weighted by molar-refractivity contribution is 5.83. The van der Waals surface area contributed by atoms with E-state index in [4.69, 9.17) is 11.5 Å². The van der Waals surface area contributed by atoms with Gasteiger partial charge in [-0.3, -0.25) is 9.36 Å². The van der Waals surface area contributed by atoms with Crippen LogP contribution in [0.2, 0.25) is 0 Å². The van der Waals surface area contributed by atoms with E-state index in [2.05, 4.69) is 15.3 Å². The summed E-state index contributed by atoms with van der Waals surface area (Å²) < 4.78 is 30.1. The smallest absolute Gasteiger partial charge is 0.266 e. The third-order valence-electron chi connectivity index (χ3n) is 5.86. The molecule has 34 heavy (non-hydrogen) atoms. The van der Waals surface area contributed by atoms with E-state index in [0.717, 1.165) is 12.8 Å². The second-order valence-corrected chi connectivity index (χ2v) is 8.16. The number of nitrogens with one attached hydrogen (secondary N) is 1. The van der Waals surface area contributed by atoms with Gasteiger partial charge in [-0.2, -0.15) is 15.2 Å². The van der Waals surface area contributed by atoms with Crippen LogP contribution < -0.4 is 22.3 Å². The molecule has 0 radical (unpaired) electrons. The first-order valence-corrected chi connectivity index (χ1v) is 10.6. The normalized spacial score (nSPS) is 14.0. The first-order valence-electron chi connectivity index (χ1n) is 10.6. The molecule has 1 atom stereocenters. The number of nitriles is 1. The molecule has 5 N–H and O–H groups in total. The van der Waals surface area contributed by atoms with Crippen molar-refractivity contribution >= 4 is 28.4 Å². The summed E-state index contributed by atoms with van der Waals surface area (Å²) in [6.07, 6.45) is 1.68. The fraction of sp³-hybridized carbons (Fsp3) is 0.167. The van der Waals surface area contributed by atoms with Crippen LogP contribution in [0.3, 0.4) is 0 Å². The van der Waals surface area contributed by atoms with Gasteiger partial charge in [0.05, 0.1) is 17.1 Å². The van der Waals surface area contributed by atoms with Gasteiger partial charge >= 0.3 is 0 Å². The van der Waals surface area contributed by atoms with E-state index < -0.39 is 23.2 Å². The second-order valence-electron chi connectivity index (χ2n) is 8.16. The average Bonchev–Trinajstić information content (AvgIpc) is 3.62. The van der Waals surface area contributed by atoms with Crippen molar-refractivity contribution in [3.8, 4) is 11.8 Å². The van der Waals surface area contributed by atoms with Gasteiger partial charge in [-0.1, -0.05) is 18.2 Å². The highest BCUT2D eigenvalue weighted by Crippen LogP contribution is 2.44. The van der Waals surface area contributed by atoms with Gasteiger partial charge in [-0.15, -0.1) is 0 Å². The summed E-state index contributed by atoms with van der Waals surface area (Å²) in [6.45, 7) is 0. The van der Waals surface area contributed by atoms with Gasteiger partial charge in [-0.25, -0.2) is 8.78 Å². The van der Waals surface area contributed by atoms with Crippen molar-refractivity contribution in [3.63, 3.8) is 0 Å². The SMILES string of the molecule is N#Cc1c(N)nc(N)nc1N[C@H](c1cc2cccc(F)c2c(=O)n1-c1cccc(F)c1)C1CC1. The summed E-state index contributed by atoms with van der Waals surface area (Å²) in [5, 5.41) is 13.1. The van der Waals surface area contributed by atoms with E-state index in [1.54, 1.807) is 18.2 Å². The molecule has 1 saturated carbocycles. The van der Waals surface area contributed by atoms with Gasteiger partial charge in [0.2, 0.25) is 5.95 Å². The van der Waals surface area contributed by atoms with Crippen molar-refractivity contribution in [1.29, 1.82) is 5.26 Å². The maximum Gasteiger partial charge on any atom is 0.266 e. The number of nitrogens with zero attached hydrogens (tertiary/aromatic N) is 4. The van der Waals surface area contributed by atoms with Crippen LogP contribution in [-0.4, -0.2) is 14.5 Å². The Bertz CT molecular complexity index is 1540. The van der Waals surface area contributed by atoms with E-state index in [9.17, 15) is 18.8 Å². The lowest BCUT2D eigenvalue weighted by Crippen LogP contribution is -2.28. The molecule has 1 aliphatic carbocycles. The maximum absolute atomic E-state index is 14.7. The Morgan fingerprint density at radius 3 is 2.59 bits per heavy atom. The van der Waals surface area contributed by atoms with Crippen molar-refractivity contribution in [2.24, 2.45) is 5.92 Å². The van der Waals surface area contributed by atoms with Crippen LogP contribution in [0.1, 0.15) is 30.1 Å². The number of anilines is 3. The molecule has 0 saturated heterocycles. The Hall–Kier alpha value is -4.52. The third-order valence-corrected chi connectivity index (χ3v) is 5.86. The van der Waals surface area contributed by atoms with Crippen LogP contribution in [0.15, 0.2) is 53.3 Å². The number of hydrogen-bond acceptors (Lipinski definition) is 7. The van der Waals surface area contributed by atoms with Gasteiger partial charge in [-0.05, 0) is 54.5 Å². The summed E-state index contributed by atoms with van der Waals surface area (Å²) in [4.78, 5) is 21.5. The highest BCUT2D eigenvalue weighted by Gasteiger charge is 2.36. The van der Waals surface area contributed by atoms with Crippen LogP contribution in [0.25, 0.3) is 16.5 Å². The van der Waals surface area contributed by atoms with E-state index in [0.29, 0.717) is 11.1 Å². The van der Waals surface area contributed by atoms with Gasteiger partial charge < -0.3 is 16.8 Å². The molecule has 4 aromatic rings. The quantitative estimate of drug-likeness (QED) is 0.414. The first-order chi connectivity index (χ1) is 16.4. The van der Waals surface area contributed by atoms with Crippen molar-refractivity contribution < 1.29 is 8.78 Å². The van der Waals surface area contributed by atoms with E-state index in [1.165, 1.54) is 34.9 Å². The molecule has 1 aliphatic rings. The summed E-state index contributed by atoms with van der Waals surface area (Å²) in [6, 6.07) is 13.0. The zero-order valence-corrected chi connectivity index (χ0v) is 17.8. The molecule has 0 aliphatic heterocycles. The number of nitrogens with two attached hydrogens (primary N) is 2. The van der Waals surface area contributed by atoms with Crippen molar-refractivity contribution in [3.05, 3.63) is 81.8 Å². The molecule has 10 heteroatoms. The molecule has 0 amide bonds. The average molecular weight is 459 g/mol. The fourth-order valence-electron chi connectivity index (χ4n) is 4.17. The van der Waals surface area contributed by atoms with E-state index in [-0.39, 0.29) is 40.1 Å². The Labute approximate surface area is 192 Å². The minimum atomic E-state index is -0.668. The number of fused-ring (bicyclic) bond motifs is 1. The predicted octanol–water partition coefficient (Wildman–Crippen LogP) is 3.66. The highest BCUT2D eigenvalue weighted by atomic mass is 19.1. The molecule has 2 aromatic carbocycles. The number of hydrogen-bond donors (Lipinski definition) is 3. The lowest BCUT2D eigenvalue weighted by atomic mass is 10.0. The maximum atomic E-state index is 14.7. The minimum Gasteiger partial charge on any atom is -0.382 e. The standard InChI is InChI=1S/C24H19F2N7O/c25-14-4-2-5-15(10-14)33-18(9-13-3-1-6-17(26)19(13)23(33)34)20(12-7-8-12)30-22-16(11-27)21(28)31-24(29)32-22/h1-6,9-10,12,20H,7-8H2,(H5,28,29,30,31,32)/t20-/m0/s1.